The Kier molecular flexibility index (Phi) is 4.80. The predicted molar refractivity (Wildman–Crippen MR) is 49.7 cm³/mol. The van der Waals surface area contributed by atoms with Gasteiger partial charge in [-0.2, -0.15) is 0 Å². The van der Waals surface area contributed by atoms with Crippen LogP contribution in [0.1, 0.15) is 12.8 Å². The van der Waals surface area contributed by atoms with Crippen molar-refractivity contribution in [3.63, 3.8) is 0 Å². The molecule has 1 aromatic rings. The lowest BCUT2D eigenvalue weighted by Gasteiger charge is -1.98. The second kappa shape index (κ2) is 6.03. The Morgan fingerprint density at radius 2 is 2.00 bits per heavy atom. The van der Waals surface area contributed by atoms with Gasteiger partial charge in [-0.15, -0.1) is 11.8 Å². The fraction of sp³-hybridized carbons (Fsp3) is 0.444. The van der Waals surface area contributed by atoms with Crippen molar-refractivity contribution in [2.45, 2.75) is 17.7 Å². The van der Waals surface area contributed by atoms with Gasteiger partial charge in [-0.25, -0.2) is 5.11 Å². The zero-order chi connectivity index (χ0) is 8.65. The van der Waals surface area contributed by atoms with Crippen LogP contribution in [0, 0.1) is 0 Å². The Hall–Kier alpha value is -0.540. The molecule has 0 amide bonds. The highest BCUT2D eigenvalue weighted by Crippen LogP contribution is 2.17. The molecule has 1 radical (unpaired) electrons. The van der Waals surface area contributed by atoms with E-state index in [0.717, 1.165) is 18.6 Å². The maximum Gasteiger partial charge on any atom is 0.0822 e. The molecule has 1 aromatic heterocycles. The summed E-state index contributed by atoms with van der Waals surface area (Å²) < 4.78 is 0. The molecule has 0 spiro atoms. The van der Waals surface area contributed by atoms with Crippen LogP contribution in [0.2, 0.25) is 0 Å². The fourth-order valence-corrected chi connectivity index (χ4v) is 1.73. The zero-order valence-electron chi connectivity index (χ0n) is 6.90. The average Bonchev–Trinajstić information content (AvgIpc) is 2.14. The van der Waals surface area contributed by atoms with Crippen molar-refractivity contribution in [1.29, 1.82) is 0 Å². The molecule has 0 aliphatic carbocycles. The van der Waals surface area contributed by atoms with Gasteiger partial charge in [0.05, 0.1) is 6.61 Å². The smallest absolute Gasteiger partial charge is 0.0822 e. The van der Waals surface area contributed by atoms with Crippen LogP contribution in [0.5, 0.6) is 0 Å². The van der Waals surface area contributed by atoms with E-state index in [-0.39, 0.29) is 6.61 Å². The van der Waals surface area contributed by atoms with E-state index in [9.17, 15) is 5.11 Å². The molecule has 0 aliphatic heterocycles. The molecule has 0 saturated carbocycles. The van der Waals surface area contributed by atoms with Gasteiger partial charge in [0, 0.05) is 17.3 Å². The summed E-state index contributed by atoms with van der Waals surface area (Å²) in [4.78, 5) is 5.16. The van der Waals surface area contributed by atoms with Gasteiger partial charge in [-0.1, -0.05) is 0 Å². The molecule has 0 aliphatic rings. The van der Waals surface area contributed by atoms with Gasteiger partial charge < -0.3 is 0 Å². The Morgan fingerprint density at radius 1 is 1.25 bits per heavy atom. The Bertz CT molecular complexity index is 203. The number of rotatable bonds is 5. The molecule has 0 aromatic carbocycles. The van der Waals surface area contributed by atoms with Crippen LogP contribution in [0.25, 0.3) is 0 Å². The van der Waals surface area contributed by atoms with Crippen LogP contribution in [0.3, 0.4) is 0 Å². The molecule has 3 heteroatoms. The maximum atomic E-state index is 10.1. The number of pyridine rings is 1. The van der Waals surface area contributed by atoms with Crippen molar-refractivity contribution in [2.24, 2.45) is 0 Å². The molecular weight excluding hydrogens is 170 g/mol. The van der Waals surface area contributed by atoms with Gasteiger partial charge in [0.15, 0.2) is 0 Å². The van der Waals surface area contributed by atoms with Crippen LogP contribution < -0.4 is 0 Å². The molecule has 0 unspecified atom stereocenters. The van der Waals surface area contributed by atoms with E-state index in [0.29, 0.717) is 0 Å². The van der Waals surface area contributed by atoms with E-state index in [1.165, 1.54) is 4.90 Å². The molecule has 65 valence electrons. The topological polar surface area (TPSA) is 32.8 Å². The number of hydrogen-bond acceptors (Lipinski definition) is 2. The van der Waals surface area contributed by atoms with Gasteiger partial charge in [-0.3, -0.25) is 4.98 Å². The van der Waals surface area contributed by atoms with E-state index in [2.05, 4.69) is 4.98 Å². The number of thioether (sulfide) groups is 1. The first-order valence-electron chi connectivity index (χ1n) is 4.04. The fourth-order valence-electron chi connectivity index (χ4n) is 0.829. The van der Waals surface area contributed by atoms with E-state index in [4.69, 9.17) is 0 Å². The standard InChI is InChI=1S/C9H12NOS/c11-7-1-2-8-12-9-3-5-10-6-4-9/h3-6H,1-2,7-8H2. The van der Waals surface area contributed by atoms with Gasteiger partial charge in [0.2, 0.25) is 0 Å². The van der Waals surface area contributed by atoms with Gasteiger partial charge in [0.25, 0.3) is 0 Å². The van der Waals surface area contributed by atoms with Crippen LogP contribution in [-0.4, -0.2) is 17.3 Å². The molecule has 1 rings (SSSR count). The summed E-state index contributed by atoms with van der Waals surface area (Å²) in [7, 11) is 0. The Morgan fingerprint density at radius 3 is 2.67 bits per heavy atom. The highest BCUT2D eigenvalue weighted by molar-refractivity contribution is 7.99. The van der Waals surface area contributed by atoms with Crippen molar-refractivity contribution in [3.8, 4) is 0 Å². The summed E-state index contributed by atoms with van der Waals surface area (Å²) in [5.41, 5.74) is 0. The summed E-state index contributed by atoms with van der Waals surface area (Å²) in [6, 6.07) is 3.98. The SMILES string of the molecule is [O]CCCCSc1ccncc1. The Balaban J connectivity index is 2.16. The minimum atomic E-state index is 0.0525. The molecular formula is C9H12NOS. The van der Waals surface area contributed by atoms with Crippen molar-refractivity contribution in [2.75, 3.05) is 12.4 Å². The maximum absolute atomic E-state index is 10.1. The molecule has 0 atom stereocenters. The van der Waals surface area contributed by atoms with Crippen LogP contribution in [0.15, 0.2) is 29.4 Å². The highest BCUT2D eigenvalue weighted by Gasteiger charge is 1.92. The zero-order valence-corrected chi connectivity index (χ0v) is 7.72. The summed E-state index contributed by atoms with van der Waals surface area (Å²) in [5.74, 6) is 1.03. The van der Waals surface area contributed by atoms with E-state index in [1.54, 1.807) is 24.2 Å². The molecule has 0 fully saturated rings. The Labute approximate surface area is 77.0 Å². The second-order valence-electron chi connectivity index (χ2n) is 2.44. The number of aromatic nitrogens is 1. The second-order valence-corrected chi connectivity index (χ2v) is 3.61. The van der Waals surface area contributed by atoms with E-state index in [1.807, 2.05) is 12.1 Å². The van der Waals surface area contributed by atoms with Crippen molar-refractivity contribution >= 4 is 11.8 Å². The normalized spacial score (nSPS) is 10.1. The summed E-state index contributed by atoms with van der Waals surface area (Å²) in [6.45, 7) is 0.0525. The molecule has 12 heavy (non-hydrogen) atoms. The number of nitrogens with zero attached hydrogens (tertiary/aromatic N) is 1. The molecule has 1 heterocycles. The summed E-state index contributed by atoms with van der Waals surface area (Å²) in [5, 5.41) is 10.1. The van der Waals surface area contributed by atoms with Crippen LogP contribution >= 0.6 is 11.8 Å². The summed E-state index contributed by atoms with van der Waals surface area (Å²) >= 11 is 1.78. The predicted octanol–water partition coefficient (Wildman–Crippen LogP) is 2.38. The first-order chi connectivity index (χ1) is 5.93. The lowest BCUT2D eigenvalue weighted by molar-refractivity contribution is 0.188. The average molecular weight is 182 g/mol. The lowest BCUT2D eigenvalue weighted by Crippen LogP contribution is -1.84. The van der Waals surface area contributed by atoms with Crippen LogP contribution in [-0.2, 0) is 5.11 Å². The minimum Gasteiger partial charge on any atom is -0.265 e. The minimum absolute atomic E-state index is 0.0525. The summed E-state index contributed by atoms with van der Waals surface area (Å²) in [6.07, 6.45) is 5.38. The molecule has 2 nitrogen and oxygen atoms in total. The third-order valence-electron chi connectivity index (χ3n) is 1.46. The van der Waals surface area contributed by atoms with Crippen LogP contribution in [0.4, 0.5) is 0 Å². The van der Waals surface area contributed by atoms with Crippen molar-refractivity contribution < 1.29 is 5.11 Å². The molecule has 0 bridgehead atoms. The third-order valence-corrected chi connectivity index (χ3v) is 2.56. The first-order valence-corrected chi connectivity index (χ1v) is 5.03. The first kappa shape index (κ1) is 9.55. The monoisotopic (exact) mass is 182 g/mol. The van der Waals surface area contributed by atoms with Crippen molar-refractivity contribution in [1.82, 2.24) is 4.98 Å². The van der Waals surface area contributed by atoms with Gasteiger partial charge in [0.1, 0.15) is 0 Å². The van der Waals surface area contributed by atoms with E-state index < -0.39 is 0 Å². The third kappa shape index (κ3) is 3.74. The highest BCUT2D eigenvalue weighted by atomic mass is 32.2. The molecule has 0 N–H and O–H groups in total. The largest absolute Gasteiger partial charge is 0.265 e. The van der Waals surface area contributed by atoms with E-state index >= 15 is 0 Å². The van der Waals surface area contributed by atoms with Gasteiger partial charge in [-0.05, 0) is 30.7 Å². The quantitative estimate of drug-likeness (QED) is 0.517. The van der Waals surface area contributed by atoms with Gasteiger partial charge >= 0.3 is 0 Å². The number of hydrogen-bond donors (Lipinski definition) is 0. The molecule has 0 saturated heterocycles. The lowest BCUT2D eigenvalue weighted by atomic mass is 10.4. The number of unbranched alkanes of at least 4 members (excludes halogenated alkanes) is 1. The van der Waals surface area contributed by atoms with Crippen molar-refractivity contribution in [3.05, 3.63) is 24.5 Å².